The first-order chi connectivity index (χ1) is 7.65. The monoisotopic (exact) mass is 229 g/mol. The van der Waals surface area contributed by atoms with E-state index in [-0.39, 0.29) is 12.5 Å². The van der Waals surface area contributed by atoms with Crippen molar-refractivity contribution in [2.45, 2.75) is 45.1 Å². The highest BCUT2D eigenvalue weighted by Crippen LogP contribution is 2.26. The van der Waals surface area contributed by atoms with Crippen LogP contribution in [0.2, 0.25) is 0 Å². The third kappa shape index (κ3) is 3.72. The van der Waals surface area contributed by atoms with Crippen LogP contribution in [0.3, 0.4) is 0 Å². The quantitative estimate of drug-likeness (QED) is 0.770. The minimum absolute atomic E-state index is 0.0376. The number of hydrogen-bond donors (Lipinski definition) is 2. The molecule has 0 aromatic carbocycles. The summed E-state index contributed by atoms with van der Waals surface area (Å²) in [5, 5.41) is 11.5. The Morgan fingerprint density at radius 1 is 1.38 bits per heavy atom. The zero-order chi connectivity index (χ0) is 12.0. The van der Waals surface area contributed by atoms with Gasteiger partial charge in [0.25, 0.3) is 0 Å². The van der Waals surface area contributed by atoms with Crippen LogP contribution in [-0.4, -0.2) is 29.8 Å². The number of ether oxygens (including phenoxy) is 1. The maximum absolute atomic E-state index is 11.2. The minimum Gasteiger partial charge on any atom is -0.480 e. The molecule has 1 rings (SSSR count). The van der Waals surface area contributed by atoms with E-state index in [1.54, 1.807) is 6.92 Å². The van der Waals surface area contributed by atoms with E-state index in [0.29, 0.717) is 0 Å². The molecule has 2 N–H and O–H groups in total. The zero-order valence-electron chi connectivity index (χ0n) is 9.57. The van der Waals surface area contributed by atoms with Gasteiger partial charge in [-0.25, -0.2) is 9.59 Å². The lowest BCUT2D eigenvalue weighted by molar-refractivity contribution is -0.141. The second-order valence-corrected chi connectivity index (χ2v) is 4.08. The van der Waals surface area contributed by atoms with Crippen molar-refractivity contribution >= 4 is 12.1 Å². The highest BCUT2D eigenvalue weighted by molar-refractivity contribution is 5.80. The van der Waals surface area contributed by atoms with Gasteiger partial charge in [-0.1, -0.05) is 19.3 Å². The molecule has 16 heavy (non-hydrogen) atoms. The molecule has 0 spiro atoms. The van der Waals surface area contributed by atoms with Gasteiger partial charge in [0.2, 0.25) is 0 Å². The van der Waals surface area contributed by atoms with E-state index in [9.17, 15) is 9.59 Å². The molecule has 1 saturated carbocycles. The standard InChI is InChI=1S/C11H19NO4/c1-2-16-11(15)12-9(10(13)14)8-6-4-3-5-7-8/h8-9H,2-7H2,1H3,(H,12,15)(H,13,14)/t9-/m1/s1. The van der Waals surface area contributed by atoms with Gasteiger partial charge in [-0.05, 0) is 25.7 Å². The first-order valence-corrected chi connectivity index (χ1v) is 5.81. The maximum Gasteiger partial charge on any atom is 0.407 e. The predicted molar refractivity (Wildman–Crippen MR) is 58.2 cm³/mol. The van der Waals surface area contributed by atoms with Gasteiger partial charge in [0.05, 0.1) is 6.61 Å². The lowest BCUT2D eigenvalue weighted by Gasteiger charge is -2.27. The van der Waals surface area contributed by atoms with Crippen molar-refractivity contribution in [3.8, 4) is 0 Å². The summed E-state index contributed by atoms with van der Waals surface area (Å²) in [7, 11) is 0. The van der Waals surface area contributed by atoms with E-state index in [2.05, 4.69) is 5.32 Å². The second kappa shape index (κ2) is 6.35. The number of rotatable bonds is 4. The van der Waals surface area contributed by atoms with Crippen LogP contribution in [0.4, 0.5) is 4.79 Å². The normalized spacial score (nSPS) is 18.8. The Kier molecular flexibility index (Phi) is 5.08. The number of carboxylic acid groups (broad SMARTS) is 1. The number of nitrogens with one attached hydrogen (secondary N) is 1. The Balaban J connectivity index is 2.52. The van der Waals surface area contributed by atoms with Crippen molar-refractivity contribution in [1.82, 2.24) is 5.32 Å². The van der Waals surface area contributed by atoms with Gasteiger partial charge in [-0.3, -0.25) is 0 Å². The Morgan fingerprint density at radius 3 is 2.50 bits per heavy atom. The molecule has 0 heterocycles. The first-order valence-electron chi connectivity index (χ1n) is 5.81. The SMILES string of the molecule is CCOC(=O)N[C@@H](C(=O)O)C1CCCCC1. The number of aliphatic carboxylic acids is 1. The second-order valence-electron chi connectivity index (χ2n) is 4.08. The zero-order valence-corrected chi connectivity index (χ0v) is 9.57. The molecule has 5 nitrogen and oxygen atoms in total. The van der Waals surface area contributed by atoms with Gasteiger partial charge < -0.3 is 15.2 Å². The molecule has 1 fully saturated rings. The van der Waals surface area contributed by atoms with Gasteiger partial charge in [-0.2, -0.15) is 0 Å². The lowest BCUT2D eigenvalue weighted by atomic mass is 9.84. The molecule has 0 saturated heterocycles. The Bertz CT molecular complexity index is 246. The van der Waals surface area contributed by atoms with Gasteiger partial charge in [0, 0.05) is 0 Å². The fourth-order valence-corrected chi connectivity index (χ4v) is 2.15. The number of amides is 1. The van der Waals surface area contributed by atoms with Crippen molar-refractivity contribution in [1.29, 1.82) is 0 Å². The van der Waals surface area contributed by atoms with Crippen LogP contribution in [0.15, 0.2) is 0 Å². The first kappa shape index (κ1) is 12.8. The van der Waals surface area contributed by atoms with Crippen molar-refractivity contribution in [2.75, 3.05) is 6.61 Å². The molecule has 1 aliphatic rings. The van der Waals surface area contributed by atoms with Crippen molar-refractivity contribution < 1.29 is 19.4 Å². The highest BCUT2D eigenvalue weighted by atomic mass is 16.5. The van der Waals surface area contributed by atoms with E-state index >= 15 is 0 Å². The lowest BCUT2D eigenvalue weighted by Crippen LogP contribution is -2.46. The topological polar surface area (TPSA) is 75.6 Å². The summed E-state index contributed by atoms with van der Waals surface area (Å²) in [6.45, 7) is 1.94. The molecule has 0 unspecified atom stereocenters. The number of hydrogen-bond acceptors (Lipinski definition) is 3. The molecule has 0 radical (unpaired) electrons. The third-order valence-corrected chi connectivity index (χ3v) is 2.94. The van der Waals surface area contributed by atoms with Gasteiger partial charge in [0.1, 0.15) is 6.04 Å². The van der Waals surface area contributed by atoms with Crippen LogP contribution in [0, 0.1) is 5.92 Å². The summed E-state index contributed by atoms with van der Waals surface area (Å²) in [5.41, 5.74) is 0. The van der Waals surface area contributed by atoms with Gasteiger partial charge in [0.15, 0.2) is 0 Å². The number of alkyl carbamates (subject to hydrolysis) is 1. The average Bonchev–Trinajstić information content (AvgIpc) is 2.27. The molecule has 5 heteroatoms. The van der Waals surface area contributed by atoms with Crippen molar-refractivity contribution in [3.05, 3.63) is 0 Å². The molecular weight excluding hydrogens is 210 g/mol. The molecular formula is C11H19NO4. The number of carbonyl (C=O) groups is 2. The van der Waals surface area contributed by atoms with Crippen molar-refractivity contribution in [3.63, 3.8) is 0 Å². The van der Waals surface area contributed by atoms with Crippen LogP contribution in [-0.2, 0) is 9.53 Å². The summed E-state index contributed by atoms with van der Waals surface area (Å²) >= 11 is 0. The maximum atomic E-state index is 11.2. The van der Waals surface area contributed by atoms with E-state index in [1.165, 1.54) is 0 Å². The molecule has 92 valence electrons. The van der Waals surface area contributed by atoms with Crippen molar-refractivity contribution in [2.24, 2.45) is 5.92 Å². The molecule has 1 amide bonds. The van der Waals surface area contributed by atoms with Crippen LogP contribution in [0.5, 0.6) is 0 Å². The molecule has 0 aromatic rings. The minimum atomic E-state index is -0.972. The number of carboxylic acids is 1. The largest absolute Gasteiger partial charge is 0.480 e. The summed E-state index contributed by atoms with van der Waals surface area (Å²) in [6, 6.07) is -0.806. The molecule has 1 atom stereocenters. The Morgan fingerprint density at radius 2 is 2.00 bits per heavy atom. The predicted octanol–water partition coefficient (Wildman–Crippen LogP) is 1.77. The van der Waals surface area contributed by atoms with E-state index < -0.39 is 18.1 Å². The van der Waals surface area contributed by atoms with Gasteiger partial charge in [-0.15, -0.1) is 0 Å². The fraction of sp³-hybridized carbons (Fsp3) is 0.818. The smallest absolute Gasteiger partial charge is 0.407 e. The number of carbonyl (C=O) groups excluding carboxylic acids is 1. The molecule has 0 aromatic heterocycles. The Hall–Kier alpha value is -1.26. The summed E-state index contributed by atoms with van der Waals surface area (Å²) in [4.78, 5) is 22.3. The molecule has 0 bridgehead atoms. The van der Waals surface area contributed by atoms with Crippen LogP contribution in [0.25, 0.3) is 0 Å². The molecule has 0 aliphatic heterocycles. The fourth-order valence-electron chi connectivity index (χ4n) is 2.15. The van der Waals surface area contributed by atoms with E-state index in [1.807, 2.05) is 0 Å². The van der Waals surface area contributed by atoms with Crippen LogP contribution in [0.1, 0.15) is 39.0 Å². The molecule has 1 aliphatic carbocycles. The summed E-state index contributed by atoms with van der Waals surface area (Å²) < 4.78 is 4.70. The van der Waals surface area contributed by atoms with Crippen LogP contribution >= 0.6 is 0 Å². The summed E-state index contributed by atoms with van der Waals surface area (Å²) in [6.07, 6.45) is 4.33. The van der Waals surface area contributed by atoms with Gasteiger partial charge >= 0.3 is 12.1 Å². The van der Waals surface area contributed by atoms with E-state index in [0.717, 1.165) is 32.1 Å². The highest BCUT2D eigenvalue weighted by Gasteiger charge is 2.30. The summed E-state index contributed by atoms with van der Waals surface area (Å²) in [5.74, 6) is -0.935. The third-order valence-electron chi connectivity index (χ3n) is 2.94. The van der Waals surface area contributed by atoms with Crippen LogP contribution < -0.4 is 5.32 Å². The van der Waals surface area contributed by atoms with E-state index in [4.69, 9.17) is 9.84 Å². The average molecular weight is 229 g/mol. The Labute approximate surface area is 95.2 Å².